The molecule has 0 bridgehead atoms. The van der Waals surface area contributed by atoms with E-state index in [1.807, 2.05) is 29.2 Å². The van der Waals surface area contributed by atoms with E-state index in [0.717, 1.165) is 36.6 Å². The fourth-order valence-electron chi connectivity index (χ4n) is 4.34. The molecule has 2 aromatic heterocycles. The second kappa shape index (κ2) is 7.44. The number of fused-ring (bicyclic) bond motifs is 1. The maximum absolute atomic E-state index is 13.0. The Morgan fingerprint density at radius 2 is 2.10 bits per heavy atom. The number of nitrogens with one attached hydrogen (secondary N) is 1. The first-order valence-electron chi connectivity index (χ1n) is 10.0. The van der Waals surface area contributed by atoms with Crippen LogP contribution in [0.2, 0.25) is 0 Å². The maximum Gasteiger partial charge on any atom is 0.274 e. The molecule has 4 heterocycles. The van der Waals surface area contributed by atoms with Crippen molar-refractivity contribution in [3.05, 3.63) is 48.5 Å². The van der Waals surface area contributed by atoms with Crippen LogP contribution in [0.3, 0.4) is 0 Å². The van der Waals surface area contributed by atoms with Crippen molar-refractivity contribution in [2.75, 3.05) is 19.7 Å². The van der Waals surface area contributed by atoms with Crippen molar-refractivity contribution in [3.8, 4) is 5.88 Å². The molecular weight excluding hydrogens is 370 g/mol. The van der Waals surface area contributed by atoms with Crippen molar-refractivity contribution in [1.29, 1.82) is 0 Å². The summed E-state index contributed by atoms with van der Waals surface area (Å²) in [4.78, 5) is 23.2. The summed E-state index contributed by atoms with van der Waals surface area (Å²) in [5.41, 5.74) is 1.13. The number of hydrogen-bond donors (Lipinski definition) is 1. The molecule has 8 nitrogen and oxygen atoms in total. The molecule has 0 radical (unpaired) electrons. The zero-order valence-corrected chi connectivity index (χ0v) is 16.1. The average molecular weight is 393 g/mol. The normalized spacial score (nSPS) is 21.4. The molecule has 8 heteroatoms. The smallest absolute Gasteiger partial charge is 0.274 e. The summed E-state index contributed by atoms with van der Waals surface area (Å²) in [6.07, 6.45) is 8.18. The molecule has 1 atom stereocenters. The molecule has 1 aromatic carbocycles. The standard InChI is InChI=1S/C21H23N5O3/c27-20(19-16-3-1-2-4-17(16)24-25-19)26-10-6-21(7-11-26)13-15(5-12-28-21)29-18-14-22-8-9-23-18/h1-4,8-9,14-15H,5-7,10-13H2,(H,24,25). The van der Waals surface area contributed by atoms with Crippen molar-refractivity contribution in [3.63, 3.8) is 0 Å². The second-order valence-corrected chi connectivity index (χ2v) is 7.72. The zero-order chi connectivity index (χ0) is 19.7. The molecule has 150 valence electrons. The third kappa shape index (κ3) is 3.55. The van der Waals surface area contributed by atoms with Crippen molar-refractivity contribution in [2.45, 2.75) is 37.4 Å². The van der Waals surface area contributed by atoms with Gasteiger partial charge < -0.3 is 14.4 Å². The third-order valence-corrected chi connectivity index (χ3v) is 5.91. The molecule has 0 saturated carbocycles. The highest BCUT2D eigenvalue weighted by Gasteiger charge is 2.42. The second-order valence-electron chi connectivity index (χ2n) is 7.72. The first-order chi connectivity index (χ1) is 14.2. The van der Waals surface area contributed by atoms with Crippen LogP contribution in [0, 0.1) is 0 Å². The number of nitrogens with zero attached hydrogens (tertiary/aromatic N) is 4. The van der Waals surface area contributed by atoms with Gasteiger partial charge in [0.15, 0.2) is 5.69 Å². The molecule has 2 fully saturated rings. The summed E-state index contributed by atoms with van der Waals surface area (Å²) in [6, 6.07) is 7.71. The minimum absolute atomic E-state index is 0.0273. The lowest BCUT2D eigenvalue weighted by molar-refractivity contribution is -0.135. The Bertz CT molecular complexity index is 998. The first kappa shape index (κ1) is 18.1. The summed E-state index contributed by atoms with van der Waals surface area (Å²) in [7, 11) is 0. The van der Waals surface area contributed by atoms with E-state index in [0.29, 0.717) is 31.3 Å². The number of amides is 1. The van der Waals surface area contributed by atoms with Gasteiger partial charge in [0.05, 0.1) is 23.9 Å². The monoisotopic (exact) mass is 393 g/mol. The predicted molar refractivity (Wildman–Crippen MR) is 106 cm³/mol. The number of ether oxygens (including phenoxy) is 2. The molecule has 29 heavy (non-hydrogen) atoms. The highest BCUT2D eigenvalue weighted by atomic mass is 16.5. The van der Waals surface area contributed by atoms with Crippen molar-refractivity contribution >= 4 is 16.8 Å². The maximum atomic E-state index is 13.0. The number of carbonyl (C=O) groups excluding carboxylic acids is 1. The number of hydrogen-bond acceptors (Lipinski definition) is 6. The lowest BCUT2D eigenvalue weighted by atomic mass is 9.83. The fourth-order valence-corrected chi connectivity index (χ4v) is 4.34. The minimum atomic E-state index is -0.241. The zero-order valence-electron chi connectivity index (χ0n) is 16.1. The van der Waals surface area contributed by atoms with E-state index < -0.39 is 0 Å². The SMILES string of the molecule is O=C(c1n[nH]c2ccccc12)N1CCC2(CC1)CC(Oc1cnccn1)CCO2. The van der Waals surface area contributed by atoms with E-state index in [4.69, 9.17) is 9.47 Å². The molecule has 5 rings (SSSR count). The quantitative estimate of drug-likeness (QED) is 0.735. The van der Waals surface area contributed by atoms with Gasteiger partial charge in [-0.05, 0) is 18.9 Å². The van der Waals surface area contributed by atoms with Crippen LogP contribution in [-0.2, 0) is 4.74 Å². The molecule has 2 saturated heterocycles. The summed E-state index contributed by atoms with van der Waals surface area (Å²) in [5, 5.41) is 8.06. The summed E-state index contributed by atoms with van der Waals surface area (Å²) in [5.74, 6) is 0.521. The average Bonchev–Trinajstić information content (AvgIpc) is 3.19. The number of H-pyrrole nitrogens is 1. The van der Waals surface area contributed by atoms with Crippen LogP contribution < -0.4 is 4.74 Å². The van der Waals surface area contributed by atoms with Gasteiger partial charge in [-0.2, -0.15) is 5.10 Å². The van der Waals surface area contributed by atoms with Crippen LogP contribution in [0.25, 0.3) is 10.9 Å². The number of rotatable bonds is 3. The van der Waals surface area contributed by atoms with E-state index in [2.05, 4.69) is 20.2 Å². The van der Waals surface area contributed by atoms with Crippen LogP contribution in [-0.4, -0.2) is 62.4 Å². The Hall–Kier alpha value is -3.00. The van der Waals surface area contributed by atoms with Gasteiger partial charge in [-0.3, -0.25) is 14.9 Å². The fraction of sp³-hybridized carbons (Fsp3) is 0.429. The van der Waals surface area contributed by atoms with E-state index >= 15 is 0 Å². The molecule has 1 amide bonds. The number of aromatic amines is 1. The number of para-hydroxylation sites is 1. The van der Waals surface area contributed by atoms with Gasteiger partial charge in [0.25, 0.3) is 5.91 Å². The summed E-state index contributed by atoms with van der Waals surface area (Å²) in [6.45, 7) is 1.96. The van der Waals surface area contributed by atoms with E-state index in [-0.39, 0.29) is 17.6 Å². The van der Waals surface area contributed by atoms with Gasteiger partial charge in [0.2, 0.25) is 5.88 Å². The molecule has 2 aliphatic heterocycles. The Kier molecular flexibility index (Phi) is 4.63. The Balaban J connectivity index is 1.24. The van der Waals surface area contributed by atoms with Crippen molar-refractivity contribution in [2.24, 2.45) is 0 Å². The topological polar surface area (TPSA) is 93.2 Å². The van der Waals surface area contributed by atoms with Crippen LogP contribution in [0.4, 0.5) is 0 Å². The van der Waals surface area contributed by atoms with E-state index in [1.165, 1.54) is 0 Å². The number of benzene rings is 1. The van der Waals surface area contributed by atoms with Crippen molar-refractivity contribution < 1.29 is 14.3 Å². The van der Waals surface area contributed by atoms with E-state index in [1.54, 1.807) is 18.6 Å². The number of likely N-dealkylation sites (tertiary alicyclic amines) is 1. The van der Waals surface area contributed by atoms with Gasteiger partial charge >= 0.3 is 0 Å². The Labute approximate surface area is 168 Å². The lowest BCUT2D eigenvalue weighted by Gasteiger charge is -2.45. The van der Waals surface area contributed by atoms with Gasteiger partial charge in [-0.15, -0.1) is 0 Å². The summed E-state index contributed by atoms with van der Waals surface area (Å²) >= 11 is 0. The number of aromatic nitrogens is 4. The molecule has 1 N–H and O–H groups in total. The van der Waals surface area contributed by atoms with Gasteiger partial charge in [-0.1, -0.05) is 18.2 Å². The van der Waals surface area contributed by atoms with Gasteiger partial charge in [0, 0.05) is 43.7 Å². The van der Waals surface area contributed by atoms with Gasteiger partial charge in [0.1, 0.15) is 6.10 Å². The molecular formula is C21H23N5O3. The Morgan fingerprint density at radius 3 is 2.93 bits per heavy atom. The highest BCUT2D eigenvalue weighted by Crippen LogP contribution is 2.36. The van der Waals surface area contributed by atoms with Gasteiger partial charge in [-0.25, -0.2) is 4.98 Å². The molecule has 1 spiro atoms. The lowest BCUT2D eigenvalue weighted by Crippen LogP contribution is -2.52. The van der Waals surface area contributed by atoms with Crippen LogP contribution in [0.5, 0.6) is 5.88 Å². The van der Waals surface area contributed by atoms with E-state index in [9.17, 15) is 4.79 Å². The van der Waals surface area contributed by atoms with Crippen molar-refractivity contribution in [1.82, 2.24) is 25.1 Å². The first-order valence-corrected chi connectivity index (χ1v) is 10.0. The predicted octanol–water partition coefficient (Wildman–Crippen LogP) is 2.59. The third-order valence-electron chi connectivity index (χ3n) is 5.91. The number of piperidine rings is 1. The summed E-state index contributed by atoms with van der Waals surface area (Å²) < 4.78 is 12.2. The largest absolute Gasteiger partial charge is 0.473 e. The molecule has 2 aliphatic rings. The Morgan fingerprint density at radius 1 is 1.24 bits per heavy atom. The van der Waals surface area contributed by atoms with Crippen LogP contribution >= 0.6 is 0 Å². The number of carbonyl (C=O) groups is 1. The highest BCUT2D eigenvalue weighted by molar-refractivity contribution is 6.04. The molecule has 0 aliphatic carbocycles. The van der Waals surface area contributed by atoms with Crippen LogP contribution in [0.15, 0.2) is 42.9 Å². The molecule has 1 unspecified atom stereocenters. The van der Waals surface area contributed by atoms with Crippen LogP contribution in [0.1, 0.15) is 36.2 Å². The molecule has 3 aromatic rings. The minimum Gasteiger partial charge on any atom is -0.473 e.